The van der Waals surface area contributed by atoms with Gasteiger partial charge < -0.3 is 5.11 Å². The van der Waals surface area contributed by atoms with Crippen LogP contribution in [0.2, 0.25) is 5.02 Å². The molecule has 0 saturated carbocycles. The molecule has 1 heterocycles. The van der Waals surface area contributed by atoms with Gasteiger partial charge in [0, 0.05) is 17.5 Å². The SMILES string of the molecule is OC1CC(c2ccc(Cl)cc2)CN1. The highest BCUT2D eigenvalue weighted by molar-refractivity contribution is 6.30. The lowest BCUT2D eigenvalue weighted by Crippen LogP contribution is -2.19. The molecule has 0 radical (unpaired) electrons. The van der Waals surface area contributed by atoms with E-state index in [0.29, 0.717) is 5.92 Å². The van der Waals surface area contributed by atoms with Gasteiger partial charge in [-0.2, -0.15) is 0 Å². The highest BCUT2D eigenvalue weighted by atomic mass is 35.5. The van der Waals surface area contributed by atoms with E-state index in [0.717, 1.165) is 18.0 Å². The average molecular weight is 198 g/mol. The van der Waals surface area contributed by atoms with Crippen molar-refractivity contribution < 1.29 is 5.11 Å². The molecule has 13 heavy (non-hydrogen) atoms. The van der Waals surface area contributed by atoms with E-state index in [4.69, 9.17) is 11.6 Å². The first kappa shape index (κ1) is 9.00. The van der Waals surface area contributed by atoms with Crippen LogP contribution in [0.3, 0.4) is 0 Å². The summed E-state index contributed by atoms with van der Waals surface area (Å²) in [5.74, 6) is 0.423. The zero-order valence-electron chi connectivity index (χ0n) is 7.20. The second-order valence-electron chi connectivity index (χ2n) is 3.41. The van der Waals surface area contributed by atoms with Gasteiger partial charge in [0.25, 0.3) is 0 Å². The van der Waals surface area contributed by atoms with Crippen molar-refractivity contribution in [3.05, 3.63) is 34.9 Å². The van der Waals surface area contributed by atoms with E-state index < -0.39 is 0 Å². The number of rotatable bonds is 1. The molecule has 3 heteroatoms. The minimum absolute atomic E-state index is 0.347. The van der Waals surface area contributed by atoms with Gasteiger partial charge in [-0.3, -0.25) is 5.32 Å². The van der Waals surface area contributed by atoms with Gasteiger partial charge in [0.05, 0.1) is 0 Å². The maximum atomic E-state index is 9.28. The molecular formula is C10H12ClNO. The lowest BCUT2D eigenvalue weighted by atomic mass is 9.98. The first-order valence-electron chi connectivity index (χ1n) is 4.42. The summed E-state index contributed by atoms with van der Waals surface area (Å²) in [7, 11) is 0. The summed E-state index contributed by atoms with van der Waals surface area (Å²) in [5, 5.41) is 13.0. The predicted molar refractivity (Wildman–Crippen MR) is 52.8 cm³/mol. The number of nitrogens with one attached hydrogen (secondary N) is 1. The van der Waals surface area contributed by atoms with Crippen LogP contribution in [0.4, 0.5) is 0 Å². The van der Waals surface area contributed by atoms with Crippen LogP contribution in [0.25, 0.3) is 0 Å². The molecule has 1 aliphatic rings. The lowest BCUT2D eigenvalue weighted by Gasteiger charge is -2.07. The van der Waals surface area contributed by atoms with Crippen molar-refractivity contribution in [2.45, 2.75) is 18.6 Å². The van der Waals surface area contributed by atoms with Gasteiger partial charge >= 0.3 is 0 Å². The molecule has 2 nitrogen and oxygen atoms in total. The third-order valence-corrected chi connectivity index (χ3v) is 2.70. The summed E-state index contributed by atoms with van der Waals surface area (Å²) < 4.78 is 0. The Labute approximate surface area is 82.5 Å². The molecule has 1 saturated heterocycles. The van der Waals surface area contributed by atoms with E-state index >= 15 is 0 Å². The number of halogens is 1. The minimum Gasteiger partial charge on any atom is -0.379 e. The fourth-order valence-electron chi connectivity index (χ4n) is 1.70. The molecule has 0 aromatic heterocycles. The fraction of sp³-hybridized carbons (Fsp3) is 0.400. The number of aliphatic hydroxyl groups excluding tert-OH is 1. The smallest absolute Gasteiger partial charge is 0.105 e. The molecule has 0 spiro atoms. The van der Waals surface area contributed by atoms with Crippen LogP contribution in [0.1, 0.15) is 17.9 Å². The van der Waals surface area contributed by atoms with Crippen LogP contribution in [0.5, 0.6) is 0 Å². The third kappa shape index (κ3) is 2.02. The first-order chi connectivity index (χ1) is 6.25. The van der Waals surface area contributed by atoms with Crippen LogP contribution in [-0.4, -0.2) is 17.9 Å². The Kier molecular flexibility index (Phi) is 2.54. The van der Waals surface area contributed by atoms with E-state index in [9.17, 15) is 5.11 Å². The van der Waals surface area contributed by atoms with Crippen LogP contribution in [-0.2, 0) is 0 Å². The number of hydrogen-bond donors (Lipinski definition) is 2. The Hall–Kier alpha value is -0.570. The van der Waals surface area contributed by atoms with Gasteiger partial charge in [-0.25, -0.2) is 0 Å². The quantitative estimate of drug-likeness (QED) is 0.719. The normalized spacial score (nSPS) is 27.8. The third-order valence-electron chi connectivity index (χ3n) is 2.45. The molecular weight excluding hydrogens is 186 g/mol. The summed E-state index contributed by atoms with van der Waals surface area (Å²) in [5.41, 5.74) is 1.24. The number of benzene rings is 1. The second kappa shape index (κ2) is 3.66. The van der Waals surface area contributed by atoms with Crippen LogP contribution >= 0.6 is 11.6 Å². The zero-order chi connectivity index (χ0) is 9.26. The molecule has 1 aliphatic heterocycles. The summed E-state index contributed by atoms with van der Waals surface area (Å²) >= 11 is 5.78. The minimum atomic E-state index is -0.347. The Morgan fingerprint density at radius 2 is 2.00 bits per heavy atom. The maximum Gasteiger partial charge on any atom is 0.105 e. The highest BCUT2D eigenvalue weighted by Crippen LogP contribution is 2.25. The summed E-state index contributed by atoms with van der Waals surface area (Å²) in [6, 6.07) is 7.82. The van der Waals surface area contributed by atoms with E-state index in [-0.39, 0.29) is 6.23 Å². The van der Waals surface area contributed by atoms with E-state index in [1.807, 2.05) is 24.3 Å². The molecule has 1 aromatic carbocycles. The van der Waals surface area contributed by atoms with Crippen molar-refractivity contribution in [2.75, 3.05) is 6.54 Å². The van der Waals surface area contributed by atoms with Gasteiger partial charge in [0.15, 0.2) is 0 Å². The van der Waals surface area contributed by atoms with Crippen molar-refractivity contribution in [1.29, 1.82) is 0 Å². The van der Waals surface area contributed by atoms with Crippen molar-refractivity contribution >= 4 is 11.6 Å². The molecule has 2 atom stereocenters. The highest BCUT2D eigenvalue weighted by Gasteiger charge is 2.22. The molecule has 2 N–H and O–H groups in total. The predicted octanol–water partition coefficient (Wildman–Crippen LogP) is 1.74. The Balaban J connectivity index is 2.13. The Bertz CT molecular complexity index is 285. The molecule has 0 amide bonds. The Morgan fingerprint density at radius 1 is 1.31 bits per heavy atom. The monoisotopic (exact) mass is 197 g/mol. The Morgan fingerprint density at radius 3 is 2.54 bits per heavy atom. The van der Waals surface area contributed by atoms with Crippen molar-refractivity contribution in [2.24, 2.45) is 0 Å². The standard InChI is InChI=1S/C10H12ClNO/c11-9-3-1-7(2-4-9)8-5-10(13)12-6-8/h1-4,8,10,12-13H,5-6H2. The van der Waals surface area contributed by atoms with E-state index in [2.05, 4.69) is 5.32 Å². The first-order valence-corrected chi connectivity index (χ1v) is 4.80. The molecule has 70 valence electrons. The molecule has 2 rings (SSSR count). The molecule has 1 fully saturated rings. The van der Waals surface area contributed by atoms with Gasteiger partial charge in [0.2, 0.25) is 0 Å². The molecule has 0 aliphatic carbocycles. The van der Waals surface area contributed by atoms with Gasteiger partial charge in [-0.15, -0.1) is 0 Å². The van der Waals surface area contributed by atoms with Gasteiger partial charge in [0.1, 0.15) is 6.23 Å². The largest absolute Gasteiger partial charge is 0.379 e. The maximum absolute atomic E-state index is 9.28. The number of aliphatic hydroxyl groups is 1. The summed E-state index contributed by atoms with van der Waals surface area (Å²) in [4.78, 5) is 0. The summed E-state index contributed by atoms with van der Waals surface area (Å²) in [6.45, 7) is 0.850. The van der Waals surface area contributed by atoms with Crippen LogP contribution in [0, 0.1) is 0 Å². The van der Waals surface area contributed by atoms with E-state index in [1.165, 1.54) is 5.56 Å². The second-order valence-corrected chi connectivity index (χ2v) is 3.84. The zero-order valence-corrected chi connectivity index (χ0v) is 7.96. The topological polar surface area (TPSA) is 32.3 Å². The number of hydrogen-bond acceptors (Lipinski definition) is 2. The summed E-state index contributed by atoms with van der Waals surface area (Å²) in [6.07, 6.45) is 0.447. The van der Waals surface area contributed by atoms with Crippen LogP contribution < -0.4 is 5.32 Å². The van der Waals surface area contributed by atoms with Gasteiger partial charge in [-0.1, -0.05) is 23.7 Å². The molecule has 0 bridgehead atoms. The van der Waals surface area contributed by atoms with Crippen LogP contribution in [0.15, 0.2) is 24.3 Å². The average Bonchev–Trinajstić information content (AvgIpc) is 2.53. The van der Waals surface area contributed by atoms with Gasteiger partial charge in [-0.05, 0) is 24.1 Å². The lowest BCUT2D eigenvalue weighted by molar-refractivity contribution is 0.159. The van der Waals surface area contributed by atoms with Crippen molar-refractivity contribution in [1.82, 2.24) is 5.32 Å². The van der Waals surface area contributed by atoms with Crippen molar-refractivity contribution in [3.63, 3.8) is 0 Å². The van der Waals surface area contributed by atoms with Crippen molar-refractivity contribution in [3.8, 4) is 0 Å². The molecule has 1 aromatic rings. The van der Waals surface area contributed by atoms with E-state index in [1.54, 1.807) is 0 Å². The molecule has 2 unspecified atom stereocenters. The fourth-order valence-corrected chi connectivity index (χ4v) is 1.83.